The first kappa shape index (κ1) is 24.8. The van der Waals surface area contributed by atoms with Gasteiger partial charge in [-0.05, 0) is 49.2 Å². The molecule has 2 aliphatic heterocycles. The molecule has 1 N–H and O–H groups in total. The molecule has 0 spiro atoms. The third kappa shape index (κ3) is 6.63. The van der Waals surface area contributed by atoms with Crippen LogP contribution < -0.4 is 10.1 Å². The third-order valence-corrected chi connectivity index (χ3v) is 6.81. The summed E-state index contributed by atoms with van der Waals surface area (Å²) in [7, 11) is 0. The van der Waals surface area contributed by atoms with Crippen molar-refractivity contribution < 1.29 is 19.1 Å². The number of piperidine rings is 1. The highest BCUT2D eigenvalue weighted by atomic mass is 35.5. The summed E-state index contributed by atoms with van der Waals surface area (Å²) in [5, 5.41) is 3.73. The Kier molecular flexibility index (Phi) is 8.32. The molecule has 2 amide bonds. The van der Waals surface area contributed by atoms with Gasteiger partial charge in [-0.2, -0.15) is 0 Å². The summed E-state index contributed by atoms with van der Waals surface area (Å²) < 4.78 is 12.0. The summed E-state index contributed by atoms with van der Waals surface area (Å²) in [6, 6.07) is 12.3. The van der Waals surface area contributed by atoms with Crippen molar-refractivity contribution in [2.75, 3.05) is 44.6 Å². The molecule has 2 aliphatic rings. The number of hydrogen-bond donors (Lipinski definition) is 1. The highest BCUT2D eigenvalue weighted by Crippen LogP contribution is 2.28. The van der Waals surface area contributed by atoms with Gasteiger partial charge in [0.05, 0.1) is 22.8 Å². The maximum Gasteiger partial charge on any atom is 0.254 e. The van der Waals surface area contributed by atoms with E-state index in [1.165, 1.54) is 6.92 Å². The zero-order valence-corrected chi connectivity index (χ0v) is 20.6. The van der Waals surface area contributed by atoms with Gasteiger partial charge in [0.15, 0.2) is 0 Å². The number of rotatable bonds is 6. The minimum atomic E-state index is -0.139. The molecule has 182 valence electrons. The number of halogens is 2. The van der Waals surface area contributed by atoms with E-state index < -0.39 is 0 Å². The number of anilines is 1. The molecule has 1 atom stereocenters. The Balaban J connectivity index is 1.24. The molecular weight excluding hydrogens is 477 g/mol. The average Bonchev–Trinajstić information content (AvgIpc) is 2.83. The number of likely N-dealkylation sites (tertiary alicyclic amines) is 1. The molecule has 2 saturated heterocycles. The van der Waals surface area contributed by atoms with Crippen LogP contribution in [0.25, 0.3) is 0 Å². The summed E-state index contributed by atoms with van der Waals surface area (Å²) in [4.78, 5) is 28.4. The molecule has 0 aromatic heterocycles. The van der Waals surface area contributed by atoms with Crippen LogP contribution in [0.5, 0.6) is 5.75 Å². The van der Waals surface area contributed by atoms with Gasteiger partial charge in [0.25, 0.3) is 5.91 Å². The molecule has 2 heterocycles. The lowest BCUT2D eigenvalue weighted by Crippen LogP contribution is -2.51. The van der Waals surface area contributed by atoms with E-state index in [-0.39, 0.29) is 24.0 Å². The molecule has 0 saturated carbocycles. The summed E-state index contributed by atoms with van der Waals surface area (Å²) in [5.74, 6) is 0.583. The van der Waals surface area contributed by atoms with Crippen molar-refractivity contribution in [3.8, 4) is 5.75 Å². The first-order chi connectivity index (χ1) is 16.4. The highest BCUT2D eigenvalue weighted by Gasteiger charge is 2.28. The van der Waals surface area contributed by atoms with Gasteiger partial charge in [0, 0.05) is 57.0 Å². The fourth-order valence-electron chi connectivity index (χ4n) is 4.34. The predicted octanol–water partition coefficient (Wildman–Crippen LogP) is 4.34. The monoisotopic (exact) mass is 505 g/mol. The van der Waals surface area contributed by atoms with E-state index in [0.717, 1.165) is 38.2 Å². The molecule has 2 aromatic carbocycles. The largest absolute Gasteiger partial charge is 0.490 e. The Morgan fingerprint density at radius 2 is 1.79 bits per heavy atom. The van der Waals surface area contributed by atoms with Crippen LogP contribution in [0.3, 0.4) is 0 Å². The van der Waals surface area contributed by atoms with Gasteiger partial charge in [-0.3, -0.25) is 9.59 Å². The number of hydrogen-bond acceptors (Lipinski definition) is 5. The van der Waals surface area contributed by atoms with Gasteiger partial charge in [-0.25, -0.2) is 0 Å². The number of amides is 2. The van der Waals surface area contributed by atoms with Gasteiger partial charge < -0.3 is 24.6 Å². The second-order valence-corrected chi connectivity index (χ2v) is 9.51. The van der Waals surface area contributed by atoms with E-state index in [9.17, 15) is 9.59 Å². The lowest BCUT2D eigenvalue weighted by atomic mass is 10.1. The Labute approximate surface area is 209 Å². The number of nitrogens with zero attached hydrogens (tertiary/aromatic N) is 2. The van der Waals surface area contributed by atoms with Crippen LogP contribution in [-0.4, -0.2) is 73.2 Å². The van der Waals surface area contributed by atoms with Gasteiger partial charge >= 0.3 is 0 Å². The SMILES string of the molecule is CC(=O)Nc1ccc(C(=O)N2CCOC(CN3CCC(Oc4ccc(Cl)c(Cl)c4)CC3)C2)cc1. The number of morpholine rings is 1. The molecule has 1 unspecified atom stereocenters. The zero-order valence-electron chi connectivity index (χ0n) is 19.1. The van der Waals surface area contributed by atoms with E-state index in [1.807, 2.05) is 11.0 Å². The van der Waals surface area contributed by atoms with Crippen molar-refractivity contribution in [2.24, 2.45) is 0 Å². The van der Waals surface area contributed by atoms with Crippen LogP contribution in [-0.2, 0) is 9.53 Å². The van der Waals surface area contributed by atoms with Crippen LogP contribution >= 0.6 is 23.2 Å². The fraction of sp³-hybridized carbons (Fsp3) is 0.440. The number of ether oxygens (including phenoxy) is 2. The summed E-state index contributed by atoms with van der Waals surface area (Å²) in [6.45, 7) is 5.71. The van der Waals surface area contributed by atoms with E-state index in [0.29, 0.717) is 41.0 Å². The molecule has 0 bridgehead atoms. The molecule has 0 aliphatic carbocycles. The molecule has 9 heteroatoms. The number of nitrogens with one attached hydrogen (secondary N) is 1. The van der Waals surface area contributed by atoms with Gasteiger partial charge in [0.1, 0.15) is 11.9 Å². The van der Waals surface area contributed by atoms with Crippen molar-refractivity contribution in [3.05, 3.63) is 58.1 Å². The van der Waals surface area contributed by atoms with E-state index in [4.69, 9.17) is 32.7 Å². The molecule has 2 fully saturated rings. The lowest BCUT2D eigenvalue weighted by Gasteiger charge is -2.38. The summed E-state index contributed by atoms with van der Waals surface area (Å²) in [5.41, 5.74) is 1.28. The van der Waals surface area contributed by atoms with Crippen molar-refractivity contribution in [2.45, 2.75) is 32.0 Å². The number of carbonyl (C=O) groups excluding carboxylic acids is 2. The summed E-state index contributed by atoms with van der Waals surface area (Å²) in [6.07, 6.45) is 1.94. The second-order valence-electron chi connectivity index (χ2n) is 8.70. The van der Waals surface area contributed by atoms with Crippen LogP contribution in [0.15, 0.2) is 42.5 Å². The minimum absolute atomic E-state index is 0.0172. The smallest absolute Gasteiger partial charge is 0.254 e. The first-order valence-electron chi connectivity index (χ1n) is 11.5. The van der Waals surface area contributed by atoms with Crippen molar-refractivity contribution >= 4 is 40.7 Å². The Morgan fingerprint density at radius 1 is 1.06 bits per heavy atom. The minimum Gasteiger partial charge on any atom is -0.490 e. The first-order valence-corrected chi connectivity index (χ1v) is 12.3. The normalized spacial score (nSPS) is 19.6. The maximum absolute atomic E-state index is 13.0. The molecule has 4 rings (SSSR count). The lowest BCUT2D eigenvalue weighted by molar-refractivity contribution is -0.114. The molecule has 7 nitrogen and oxygen atoms in total. The van der Waals surface area contributed by atoms with Gasteiger partial charge in [-0.1, -0.05) is 23.2 Å². The van der Waals surface area contributed by atoms with Crippen molar-refractivity contribution in [3.63, 3.8) is 0 Å². The van der Waals surface area contributed by atoms with Gasteiger partial charge in [0.2, 0.25) is 5.91 Å². The van der Waals surface area contributed by atoms with E-state index in [2.05, 4.69) is 10.2 Å². The van der Waals surface area contributed by atoms with Gasteiger partial charge in [-0.15, -0.1) is 0 Å². The molecule has 0 radical (unpaired) electrons. The topological polar surface area (TPSA) is 71.1 Å². The molecule has 2 aromatic rings. The van der Waals surface area contributed by atoms with E-state index in [1.54, 1.807) is 36.4 Å². The maximum atomic E-state index is 13.0. The fourth-order valence-corrected chi connectivity index (χ4v) is 4.62. The molecule has 34 heavy (non-hydrogen) atoms. The van der Waals surface area contributed by atoms with Crippen molar-refractivity contribution in [1.29, 1.82) is 0 Å². The average molecular weight is 506 g/mol. The van der Waals surface area contributed by atoms with Crippen LogP contribution in [0.4, 0.5) is 5.69 Å². The Hall–Kier alpha value is -2.32. The van der Waals surface area contributed by atoms with Crippen LogP contribution in [0.1, 0.15) is 30.1 Å². The highest BCUT2D eigenvalue weighted by molar-refractivity contribution is 6.42. The second kappa shape index (κ2) is 11.4. The standard InChI is InChI=1S/C25H29Cl2N3O4/c1-17(31)28-19-4-2-18(3-5-19)25(32)30-12-13-33-22(16-30)15-29-10-8-20(9-11-29)34-21-6-7-23(26)24(27)14-21/h2-7,14,20,22H,8-13,15-16H2,1H3,(H,28,31). The third-order valence-electron chi connectivity index (χ3n) is 6.07. The summed E-state index contributed by atoms with van der Waals surface area (Å²) >= 11 is 12.1. The zero-order chi connectivity index (χ0) is 24.1. The van der Waals surface area contributed by atoms with Crippen molar-refractivity contribution in [1.82, 2.24) is 9.80 Å². The molecular formula is C25H29Cl2N3O4. The number of carbonyl (C=O) groups is 2. The van der Waals surface area contributed by atoms with Crippen LogP contribution in [0.2, 0.25) is 10.0 Å². The predicted molar refractivity (Wildman–Crippen MR) is 133 cm³/mol. The Morgan fingerprint density at radius 3 is 2.47 bits per heavy atom. The van der Waals surface area contributed by atoms with E-state index >= 15 is 0 Å². The van der Waals surface area contributed by atoms with Crippen LogP contribution in [0, 0.1) is 0 Å². The Bertz CT molecular complexity index is 1010. The quantitative estimate of drug-likeness (QED) is 0.632. The number of benzene rings is 2.